The molecule has 0 saturated heterocycles. The first-order chi connectivity index (χ1) is 5.57. The van der Waals surface area contributed by atoms with Crippen LogP contribution in [0.25, 0.3) is 0 Å². The van der Waals surface area contributed by atoms with E-state index in [4.69, 9.17) is 5.11 Å². The second-order valence-corrected chi connectivity index (χ2v) is 3.39. The van der Waals surface area contributed by atoms with E-state index in [1.807, 2.05) is 0 Å². The Kier molecular flexibility index (Phi) is 2.53. The largest absolute Gasteiger partial charge is 0.392 e. The molecule has 0 atom stereocenters. The first kappa shape index (κ1) is 9.27. The molecule has 1 rings (SSSR count). The highest BCUT2D eigenvalue weighted by atomic mass is 16.3. The molecule has 0 aliphatic carbocycles. The van der Waals surface area contributed by atoms with Gasteiger partial charge in [-0.2, -0.15) is 0 Å². The predicted molar refractivity (Wildman–Crippen MR) is 51.3 cm³/mol. The summed E-state index contributed by atoms with van der Waals surface area (Å²) in [4.78, 5) is 0. The van der Waals surface area contributed by atoms with E-state index in [-0.39, 0.29) is 6.61 Å². The Hall–Kier alpha value is -0.820. The normalized spacial score (nSPS) is 10.4. The summed E-state index contributed by atoms with van der Waals surface area (Å²) in [6, 6.07) is 2.07. The average molecular weight is 164 g/mol. The van der Waals surface area contributed by atoms with Crippen molar-refractivity contribution in [3.63, 3.8) is 0 Å². The molecule has 1 heteroatoms. The van der Waals surface area contributed by atoms with E-state index in [0.717, 1.165) is 5.56 Å². The molecule has 66 valence electrons. The number of hydrogen-bond donors (Lipinski definition) is 1. The summed E-state index contributed by atoms with van der Waals surface area (Å²) in [5.41, 5.74) is 6.18. The zero-order valence-corrected chi connectivity index (χ0v) is 8.23. The van der Waals surface area contributed by atoms with Gasteiger partial charge in [-0.15, -0.1) is 0 Å². The van der Waals surface area contributed by atoms with E-state index in [1.54, 1.807) is 0 Å². The maximum atomic E-state index is 9.06. The molecule has 1 N–H and O–H groups in total. The Morgan fingerprint density at radius 3 is 2.08 bits per heavy atom. The summed E-state index contributed by atoms with van der Waals surface area (Å²) in [6.07, 6.45) is 0. The van der Waals surface area contributed by atoms with Gasteiger partial charge in [0.05, 0.1) is 6.61 Å². The van der Waals surface area contributed by atoms with Gasteiger partial charge in [-0.3, -0.25) is 0 Å². The van der Waals surface area contributed by atoms with Crippen LogP contribution in [0.15, 0.2) is 6.07 Å². The number of aryl methyl sites for hydroxylation is 1. The smallest absolute Gasteiger partial charge is 0.0684 e. The van der Waals surface area contributed by atoms with E-state index in [9.17, 15) is 0 Å². The third-order valence-electron chi connectivity index (χ3n) is 2.76. The van der Waals surface area contributed by atoms with Gasteiger partial charge in [-0.05, 0) is 55.5 Å². The molecule has 1 nitrogen and oxygen atoms in total. The van der Waals surface area contributed by atoms with Crippen molar-refractivity contribution in [3.8, 4) is 0 Å². The molecule has 0 saturated carbocycles. The minimum absolute atomic E-state index is 0.147. The van der Waals surface area contributed by atoms with E-state index < -0.39 is 0 Å². The maximum absolute atomic E-state index is 9.06. The predicted octanol–water partition coefficient (Wildman–Crippen LogP) is 2.41. The van der Waals surface area contributed by atoms with Gasteiger partial charge in [0, 0.05) is 0 Å². The molecule has 0 aliphatic rings. The molecule has 0 bridgehead atoms. The lowest BCUT2D eigenvalue weighted by molar-refractivity contribution is 0.281. The lowest BCUT2D eigenvalue weighted by Crippen LogP contribution is -1.97. The third kappa shape index (κ3) is 1.37. The first-order valence-electron chi connectivity index (χ1n) is 4.25. The number of aliphatic hydroxyl groups is 1. The zero-order valence-electron chi connectivity index (χ0n) is 8.23. The molecule has 0 heterocycles. The monoisotopic (exact) mass is 164 g/mol. The highest BCUT2D eigenvalue weighted by Gasteiger charge is 2.05. The van der Waals surface area contributed by atoms with Crippen molar-refractivity contribution in [1.29, 1.82) is 0 Å². The lowest BCUT2D eigenvalue weighted by atomic mass is 9.95. The van der Waals surface area contributed by atoms with Gasteiger partial charge in [-0.1, -0.05) is 6.07 Å². The van der Waals surface area contributed by atoms with Crippen LogP contribution in [0.1, 0.15) is 27.8 Å². The Morgan fingerprint density at radius 2 is 1.58 bits per heavy atom. The van der Waals surface area contributed by atoms with Crippen molar-refractivity contribution in [1.82, 2.24) is 0 Å². The highest BCUT2D eigenvalue weighted by Crippen LogP contribution is 2.20. The second-order valence-electron chi connectivity index (χ2n) is 3.39. The maximum Gasteiger partial charge on any atom is 0.0684 e. The van der Waals surface area contributed by atoms with Gasteiger partial charge >= 0.3 is 0 Å². The molecule has 0 radical (unpaired) electrons. The van der Waals surface area contributed by atoms with Crippen molar-refractivity contribution in [2.24, 2.45) is 0 Å². The van der Waals surface area contributed by atoms with E-state index in [1.165, 1.54) is 22.3 Å². The fraction of sp³-hybridized carbons (Fsp3) is 0.455. The Balaban J connectivity index is 3.39. The van der Waals surface area contributed by atoms with Crippen molar-refractivity contribution >= 4 is 0 Å². The average Bonchev–Trinajstić information content (AvgIpc) is 2.08. The summed E-state index contributed by atoms with van der Waals surface area (Å²) >= 11 is 0. The highest BCUT2D eigenvalue weighted by molar-refractivity contribution is 5.43. The van der Waals surface area contributed by atoms with Gasteiger partial charge < -0.3 is 5.11 Å². The van der Waals surface area contributed by atoms with Crippen LogP contribution in [0.2, 0.25) is 0 Å². The molecule has 1 aromatic carbocycles. The van der Waals surface area contributed by atoms with E-state index in [2.05, 4.69) is 33.8 Å². The van der Waals surface area contributed by atoms with Crippen LogP contribution >= 0.6 is 0 Å². The summed E-state index contributed by atoms with van der Waals surface area (Å²) in [5, 5.41) is 9.06. The summed E-state index contributed by atoms with van der Waals surface area (Å²) in [6.45, 7) is 8.53. The summed E-state index contributed by atoms with van der Waals surface area (Å²) in [5.74, 6) is 0. The van der Waals surface area contributed by atoms with Crippen LogP contribution in [-0.4, -0.2) is 5.11 Å². The van der Waals surface area contributed by atoms with E-state index >= 15 is 0 Å². The number of aliphatic hydroxyl groups excluding tert-OH is 1. The van der Waals surface area contributed by atoms with Gasteiger partial charge in [0.25, 0.3) is 0 Å². The fourth-order valence-electron chi connectivity index (χ4n) is 1.46. The van der Waals surface area contributed by atoms with Crippen molar-refractivity contribution < 1.29 is 5.11 Å². The minimum atomic E-state index is 0.147. The van der Waals surface area contributed by atoms with Gasteiger partial charge in [0.2, 0.25) is 0 Å². The van der Waals surface area contributed by atoms with Gasteiger partial charge in [0.15, 0.2) is 0 Å². The minimum Gasteiger partial charge on any atom is -0.392 e. The Bertz CT molecular complexity index is 300. The molecule has 0 aliphatic heterocycles. The van der Waals surface area contributed by atoms with Crippen molar-refractivity contribution in [2.45, 2.75) is 34.3 Å². The van der Waals surface area contributed by atoms with Crippen LogP contribution in [0, 0.1) is 27.7 Å². The quantitative estimate of drug-likeness (QED) is 0.675. The Labute approximate surface area is 74.1 Å². The second kappa shape index (κ2) is 3.28. The molecular weight excluding hydrogens is 148 g/mol. The first-order valence-corrected chi connectivity index (χ1v) is 4.25. The molecule has 0 spiro atoms. The van der Waals surface area contributed by atoms with Crippen LogP contribution in [0.4, 0.5) is 0 Å². The number of benzene rings is 1. The molecule has 0 amide bonds. The topological polar surface area (TPSA) is 20.2 Å². The summed E-state index contributed by atoms with van der Waals surface area (Å²) in [7, 11) is 0. The standard InChI is InChI=1S/C11H16O/c1-7-5-11(6-12)10(4)9(3)8(7)2/h5,12H,6H2,1-4H3. The summed E-state index contributed by atoms with van der Waals surface area (Å²) < 4.78 is 0. The van der Waals surface area contributed by atoms with Crippen LogP contribution in [0.5, 0.6) is 0 Å². The van der Waals surface area contributed by atoms with Gasteiger partial charge in [0.1, 0.15) is 0 Å². The third-order valence-corrected chi connectivity index (χ3v) is 2.76. The molecular formula is C11H16O. The Morgan fingerprint density at radius 1 is 1.00 bits per heavy atom. The van der Waals surface area contributed by atoms with Crippen LogP contribution in [0.3, 0.4) is 0 Å². The van der Waals surface area contributed by atoms with Gasteiger partial charge in [-0.25, -0.2) is 0 Å². The van der Waals surface area contributed by atoms with Crippen molar-refractivity contribution in [2.75, 3.05) is 0 Å². The van der Waals surface area contributed by atoms with E-state index in [0.29, 0.717) is 0 Å². The van der Waals surface area contributed by atoms with Crippen molar-refractivity contribution in [3.05, 3.63) is 33.9 Å². The molecule has 0 unspecified atom stereocenters. The SMILES string of the molecule is Cc1cc(CO)c(C)c(C)c1C. The fourth-order valence-corrected chi connectivity index (χ4v) is 1.46. The number of rotatable bonds is 1. The van der Waals surface area contributed by atoms with Crippen LogP contribution in [-0.2, 0) is 6.61 Å². The molecule has 1 aromatic rings. The van der Waals surface area contributed by atoms with Crippen LogP contribution < -0.4 is 0 Å². The number of hydrogen-bond acceptors (Lipinski definition) is 1. The zero-order chi connectivity index (χ0) is 9.30. The lowest BCUT2D eigenvalue weighted by Gasteiger charge is -2.12. The molecule has 0 fully saturated rings. The molecule has 0 aromatic heterocycles. The molecule has 12 heavy (non-hydrogen) atoms.